The highest BCUT2D eigenvalue weighted by Crippen LogP contribution is 2.17. The third-order valence-electron chi connectivity index (χ3n) is 1.73. The lowest BCUT2D eigenvalue weighted by molar-refractivity contribution is 0.305. The summed E-state index contributed by atoms with van der Waals surface area (Å²) in [7, 11) is 0. The van der Waals surface area contributed by atoms with Crippen LogP contribution in [0.5, 0.6) is 5.75 Å². The third-order valence-corrected chi connectivity index (χ3v) is 1.98. The minimum Gasteiger partial charge on any atom is -0.492 e. The van der Waals surface area contributed by atoms with Crippen molar-refractivity contribution in [2.24, 2.45) is 0 Å². The van der Waals surface area contributed by atoms with Gasteiger partial charge in [0, 0.05) is 6.20 Å². The van der Waals surface area contributed by atoms with E-state index in [1.54, 1.807) is 6.20 Å². The van der Waals surface area contributed by atoms with Crippen LogP contribution in [0.4, 0.5) is 0 Å². The second kappa shape index (κ2) is 5.81. The Morgan fingerprint density at radius 1 is 1.54 bits per heavy atom. The minimum atomic E-state index is 0.405. The molecule has 0 saturated carbocycles. The lowest BCUT2D eigenvalue weighted by atomic mass is 10.3. The van der Waals surface area contributed by atoms with Gasteiger partial charge in [0.1, 0.15) is 5.75 Å². The highest BCUT2D eigenvalue weighted by atomic mass is 35.5. The molecule has 0 aromatic carbocycles. The smallest absolute Gasteiger partial charge is 0.142 e. The maximum Gasteiger partial charge on any atom is 0.142 e. The van der Waals surface area contributed by atoms with Gasteiger partial charge in [-0.25, -0.2) is 0 Å². The number of alkyl halides is 1. The van der Waals surface area contributed by atoms with Gasteiger partial charge in [0.05, 0.1) is 18.2 Å². The Bertz CT molecular complexity index is 252. The van der Waals surface area contributed by atoms with Crippen LogP contribution in [-0.4, -0.2) is 11.6 Å². The molecule has 1 aromatic heterocycles. The molecule has 3 heteroatoms. The zero-order chi connectivity index (χ0) is 9.52. The van der Waals surface area contributed by atoms with Crippen LogP contribution in [0.3, 0.4) is 0 Å². The molecule has 0 fully saturated rings. The van der Waals surface area contributed by atoms with E-state index in [4.69, 9.17) is 16.3 Å². The molecule has 0 saturated heterocycles. The van der Waals surface area contributed by atoms with E-state index in [-0.39, 0.29) is 0 Å². The summed E-state index contributed by atoms with van der Waals surface area (Å²) in [5, 5.41) is 0. The summed E-state index contributed by atoms with van der Waals surface area (Å²) < 4.78 is 5.52. The molecule has 0 aliphatic carbocycles. The number of nitrogens with zero attached hydrogens (tertiary/aromatic N) is 1. The number of rotatable bonds is 5. The second-order valence-corrected chi connectivity index (χ2v) is 3.05. The van der Waals surface area contributed by atoms with Crippen LogP contribution in [0.1, 0.15) is 25.5 Å². The predicted octanol–water partition coefficient (Wildman–Crippen LogP) is 3.00. The normalized spacial score (nSPS) is 10.0. The third kappa shape index (κ3) is 3.23. The maximum absolute atomic E-state index is 5.70. The van der Waals surface area contributed by atoms with Crippen LogP contribution in [0.2, 0.25) is 0 Å². The molecule has 0 atom stereocenters. The lowest BCUT2D eigenvalue weighted by Gasteiger charge is -2.07. The summed E-state index contributed by atoms with van der Waals surface area (Å²) in [5.41, 5.74) is 0.820. The molecule has 2 nitrogen and oxygen atoms in total. The van der Waals surface area contributed by atoms with Gasteiger partial charge in [-0.2, -0.15) is 0 Å². The highest BCUT2D eigenvalue weighted by molar-refractivity contribution is 6.17. The van der Waals surface area contributed by atoms with E-state index in [9.17, 15) is 0 Å². The summed E-state index contributed by atoms with van der Waals surface area (Å²) in [4.78, 5) is 4.12. The number of unbranched alkanes of at least 4 members (excludes halogenated alkanes) is 1. The molecule has 0 unspecified atom stereocenters. The van der Waals surface area contributed by atoms with Gasteiger partial charge in [-0.05, 0) is 18.6 Å². The van der Waals surface area contributed by atoms with Crippen LogP contribution in [-0.2, 0) is 5.88 Å². The largest absolute Gasteiger partial charge is 0.492 e. The summed E-state index contributed by atoms with van der Waals surface area (Å²) in [6.45, 7) is 2.88. The number of hydrogen-bond acceptors (Lipinski definition) is 2. The van der Waals surface area contributed by atoms with Crippen molar-refractivity contribution >= 4 is 11.6 Å². The topological polar surface area (TPSA) is 22.1 Å². The van der Waals surface area contributed by atoms with Crippen molar-refractivity contribution in [1.82, 2.24) is 4.98 Å². The van der Waals surface area contributed by atoms with Crippen LogP contribution in [0, 0.1) is 0 Å². The van der Waals surface area contributed by atoms with E-state index >= 15 is 0 Å². The summed E-state index contributed by atoms with van der Waals surface area (Å²) >= 11 is 5.70. The molecular weight excluding hydrogens is 186 g/mol. The Balaban J connectivity index is 2.54. The van der Waals surface area contributed by atoms with E-state index < -0.39 is 0 Å². The quantitative estimate of drug-likeness (QED) is 0.537. The molecular formula is C10H14ClNO. The fourth-order valence-electron chi connectivity index (χ4n) is 0.981. The molecule has 72 valence electrons. The number of aromatic nitrogens is 1. The van der Waals surface area contributed by atoms with Crippen LogP contribution < -0.4 is 4.74 Å². The average Bonchev–Trinajstić information content (AvgIpc) is 2.19. The van der Waals surface area contributed by atoms with Crippen molar-refractivity contribution in [3.63, 3.8) is 0 Å². The Labute approximate surface area is 83.9 Å². The zero-order valence-corrected chi connectivity index (χ0v) is 8.55. The Kier molecular flexibility index (Phi) is 4.61. The summed E-state index contributed by atoms with van der Waals surface area (Å²) in [6.07, 6.45) is 3.93. The van der Waals surface area contributed by atoms with Gasteiger partial charge < -0.3 is 4.74 Å². The molecule has 0 amide bonds. The van der Waals surface area contributed by atoms with Gasteiger partial charge in [-0.15, -0.1) is 11.6 Å². The van der Waals surface area contributed by atoms with E-state index in [1.165, 1.54) is 0 Å². The first-order valence-electron chi connectivity index (χ1n) is 4.51. The van der Waals surface area contributed by atoms with Crippen molar-refractivity contribution in [3.05, 3.63) is 24.0 Å². The fourth-order valence-corrected chi connectivity index (χ4v) is 1.18. The standard InChI is InChI=1S/C10H14ClNO/c1-2-3-7-13-10-5-4-6-12-9(10)8-11/h4-6H,2-3,7-8H2,1H3. The monoisotopic (exact) mass is 199 g/mol. The SMILES string of the molecule is CCCCOc1cccnc1CCl. The fraction of sp³-hybridized carbons (Fsp3) is 0.500. The first kappa shape index (κ1) is 10.3. The lowest BCUT2D eigenvalue weighted by Crippen LogP contribution is -2.00. The van der Waals surface area contributed by atoms with Crippen LogP contribution in [0.15, 0.2) is 18.3 Å². The van der Waals surface area contributed by atoms with E-state index in [1.807, 2.05) is 12.1 Å². The van der Waals surface area contributed by atoms with Gasteiger partial charge in [-0.3, -0.25) is 4.98 Å². The number of ether oxygens (including phenoxy) is 1. The van der Waals surface area contributed by atoms with E-state index in [0.717, 1.165) is 30.9 Å². The Morgan fingerprint density at radius 2 is 2.38 bits per heavy atom. The molecule has 0 radical (unpaired) electrons. The van der Waals surface area contributed by atoms with Crippen LogP contribution in [0.25, 0.3) is 0 Å². The summed E-state index contributed by atoms with van der Waals surface area (Å²) in [5.74, 6) is 1.22. The van der Waals surface area contributed by atoms with Crippen molar-refractivity contribution < 1.29 is 4.74 Å². The Hall–Kier alpha value is -0.760. The molecule has 0 aliphatic rings. The van der Waals surface area contributed by atoms with Crippen molar-refractivity contribution in [2.75, 3.05) is 6.61 Å². The van der Waals surface area contributed by atoms with E-state index in [2.05, 4.69) is 11.9 Å². The van der Waals surface area contributed by atoms with E-state index in [0.29, 0.717) is 5.88 Å². The van der Waals surface area contributed by atoms with Crippen molar-refractivity contribution in [2.45, 2.75) is 25.6 Å². The number of halogens is 1. The van der Waals surface area contributed by atoms with Gasteiger partial charge in [0.25, 0.3) is 0 Å². The molecule has 1 rings (SSSR count). The predicted molar refractivity (Wildman–Crippen MR) is 54.2 cm³/mol. The molecule has 1 heterocycles. The Morgan fingerprint density at radius 3 is 3.08 bits per heavy atom. The second-order valence-electron chi connectivity index (χ2n) is 2.78. The van der Waals surface area contributed by atoms with Gasteiger partial charge in [0.15, 0.2) is 0 Å². The number of pyridine rings is 1. The highest BCUT2D eigenvalue weighted by Gasteiger charge is 2.01. The molecule has 0 N–H and O–H groups in total. The maximum atomic E-state index is 5.70. The molecule has 1 aromatic rings. The van der Waals surface area contributed by atoms with Gasteiger partial charge in [-0.1, -0.05) is 13.3 Å². The molecule has 0 aliphatic heterocycles. The average molecular weight is 200 g/mol. The molecule has 0 bridgehead atoms. The van der Waals surface area contributed by atoms with Crippen molar-refractivity contribution in [1.29, 1.82) is 0 Å². The van der Waals surface area contributed by atoms with Gasteiger partial charge >= 0.3 is 0 Å². The minimum absolute atomic E-state index is 0.405. The first-order chi connectivity index (χ1) is 6.38. The molecule has 13 heavy (non-hydrogen) atoms. The van der Waals surface area contributed by atoms with Crippen LogP contribution >= 0.6 is 11.6 Å². The zero-order valence-electron chi connectivity index (χ0n) is 7.79. The summed E-state index contributed by atoms with van der Waals surface area (Å²) in [6, 6.07) is 3.76. The van der Waals surface area contributed by atoms with Gasteiger partial charge in [0.2, 0.25) is 0 Å². The van der Waals surface area contributed by atoms with Crippen molar-refractivity contribution in [3.8, 4) is 5.75 Å². The number of hydrogen-bond donors (Lipinski definition) is 0. The molecule has 0 spiro atoms. The first-order valence-corrected chi connectivity index (χ1v) is 5.04.